The highest BCUT2D eigenvalue weighted by molar-refractivity contribution is 6.30. The summed E-state index contributed by atoms with van der Waals surface area (Å²) in [5.74, 6) is 0.867. The van der Waals surface area contributed by atoms with Crippen LogP contribution in [0.1, 0.15) is 50.7 Å². The van der Waals surface area contributed by atoms with E-state index in [9.17, 15) is 4.79 Å². The fourth-order valence-electron chi connectivity index (χ4n) is 4.08. The lowest BCUT2D eigenvalue weighted by molar-refractivity contribution is -0.117. The standard InChI is InChI=1S/C13H11NO.C12H13ClO.C2H6/c1-14-13(15)9-11-7-4-6-10-5-2-3-8-12(10)11;13-10-2-3-11-9(8-10)4-7-12(14-11)5-1-6-12;1-2/h2-8H,1,9H2;2-3,8H,1,4-7H2;1-2H3. The number of carbonyl (C=O) groups is 1. The molecule has 1 amide bonds. The highest BCUT2D eigenvalue weighted by Gasteiger charge is 2.41. The van der Waals surface area contributed by atoms with Crippen LogP contribution in [0.15, 0.2) is 65.7 Å². The molecule has 0 bridgehead atoms. The Bertz CT molecular complexity index is 1050. The molecule has 31 heavy (non-hydrogen) atoms. The quantitative estimate of drug-likeness (QED) is 0.398. The van der Waals surface area contributed by atoms with E-state index < -0.39 is 0 Å². The predicted molar refractivity (Wildman–Crippen MR) is 131 cm³/mol. The highest BCUT2D eigenvalue weighted by atomic mass is 35.5. The summed E-state index contributed by atoms with van der Waals surface area (Å²) in [6, 6.07) is 19.9. The van der Waals surface area contributed by atoms with Gasteiger partial charge in [-0.15, -0.1) is 0 Å². The van der Waals surface area contributed by atoms with Crippen LogP contribution in [-0.4, -0.2) is 18.2 Å². The molecular weight excluding hydrogens is 406 g/mol. The van der Waals surface area contributed by atoms with Crippen LogP contribution in [-0.2, 0) is 17.6 Å². The van der Waals surface area contributed by atoms with E-state index in [0.29, 0.717) is 6.42 Å². The molecule has 0 atom stereocenters. The van der Waals surface area contributed by atoms with Crippen molar-refractivity contribution in [3.63, 3.8) is 0 Å². The lowest BCUT2D eigenvalue weighted by atomic mass is 9.74. The van der Waals surface area contributed by atoms with Crippen molar-refractivity contribution in [2.75, 3.05) is 0 Å². The lowest BCUT2D eigenvalue weighted by Crippen LogP contribution is -2.45. The third kappa shape index (κ3) is 5.54. The maximum absolute atomic E-state index is 11.2. The Morgan fingerprint density at radius 1 is 1.06 bits per heavy atom. The van der Waals surface area contributed by atoms with Crippen molar-refractivity contribution in [2.45, 2.75) is 58.0 Å². The van der Waals surface area contributed by atoms with Crippen molar-refractivity contribution < 1.29 is 9.53 Å². The van der Waals surface area contributed by atoms with Crippen molar-refractivity contribution in [1.29, 1.82) is 0 Å². The molecule has 1 aliphatic carbocycles. The van der Waals surface area contributed by atoms with Crippen LogP contribution < -0.4 is 4.74 Å². The molecule has 162 valence electrons. The zero-order valence-electron chi connectivity index (χ0n) is 18.4. The minimum atomic E-state index is -0.189. The van der Waals surface area contributed by atoms with Crippen LogP contribution >= 0.6 is 11.6 Å². The van der Waals surface area contributed by atoms with Gasteiger partial charge in [-0.1, -0.05) is 67.9 Å². The second-order valence-corrected chi connectivity index (χ2v) is 8.19. The summed E-state index contributed by atoms with van der Waals surface area (Å²) in [7, 11) is 0. The van der Waals surface area contributed by atoms with Crippen LogP contribution in [0.2, 0.25) is 5.02 Å². The number of amides is 1. The summed E-state index contributed by atoms with van der Waals surface area (Å²) in [4.78, 5) is 14.6. The van der Waals surface area contributed by atoms with Crippen molar-refractivity contribution in [1.82, 2.24) is 0 Å². The molecule has 3 nitrogen and oxygen atoms in total. The molecule has 0 radical (unpaired) electrons. The number of nitrogens with zero attached hydrogens (tertiary/aromatic N) is 1. The second-order valence-electron chi connectivity index (χ2n) is 7.76. The van der Waals surface area contributed by atoms with E-state index in [0.717, 1.165) is 33.5 Å². The molecule has 1 fully saturated rings. The van der Waals surface area contributed by atoms with Gasteiger partial charge in [-0.05, 0) is 78.9 Å². The molecular formula is C27H30ClNO2. The van der Waals surface area contributed by atoms with Crippen molar-refractivity contribution in [3.05, 3.63) is 76.8 Å². The number of aliphatic imine (C=N–C) groups is 1. The molecule has 0 aromatic heterocycles. The van der Waals surface area contributed by atoms with E-state index >= 15 is 0 Å². The van der Waals surface area contributed by atoms with Gasteiger partial charge in [-0.3, -0.25) is 4.79 Å². The number of ether oxygens (including phenoxy) is 1. The Labute approximate surface area is 190 Å². The number of hydrogen-bond acceptors (Lipinski definition) is 2. The van der Waals surface area contributed by atoms with Gasteiger partial charge in [0.15, 0.2) is 0 Å². The first kappa shape index (κ1) is 23.0. The monoisotopic (exact) mass is 435 g/mol. The van der Waals surface area contributed by atoms with Gasteiger partial charge in [0.2, 0.25) is 5.91 Å². The Morgan fingerprint density at radius 2 is 1.81 bits per heavy atom. The summed E-state index contributed by atoms with van der Waals surface area (Å²) in [5, 5.41) is 3.07. The Kier molecular flexibility index (Phi) is 7.86. The third-order valence-electron chi connectivity index (χ3n) is 5.86. The predicted octanol–water partition coefficient (Wildman–Crippen LogP) is 7.22. The average Bonchev–Trinajstić information content (AvgIpc) is 2.79. The minimum Gasteiger partial charge on any atom is -0.487 e. The number of benzene rings is 3. The largest absolute Gasteiger partial charge is 0.487 e. The Balaban J connectivity index is 0.000000163. The normalized spacial score (nSPS) is 15.2. The van der Waals surface area contributed by atoms with Crippen LogP contribution in [0.4, 0.5) is 0 Å². The van der Waals surface area contributed by atoms with Gasteiger partial charge in [-0.2, -0.15) is 0 Å². The molecule has 1 heterocycles. The topological polar surface area (TPSA) is 38.7 Å². The molecule has 4 heteroatoms. The van der Waals surface area contributed by atoms with E-state index in [1.807, 2.05) is 74.5 Å². The number of hydrogen-bond donors (Lipinski definition) is 0. The number of carbonyl (C=O) groups excluding carboxylic acids is 1. The molecule has 1 saturated carbocycles. The van der Waals surface area contributed by atoms with Gasteiger partial charge in [0.1, 0.15) is 11.4 Å². The van der Waals surface area contributed by atoms with E-state index in [1.54, 1.807) is 0 Å². The summed E-state index contributed by atoms with van der Waals surface area (Å²) < 4.78 is 6.05. The molecule has 0 saturated heterocycles. The lowest BCUT2D eigenvalue weighted by Gasteiger charge is -2.45. The maximum atomic E-state index is 11.2. The van der Waals surface area contributed by atoms with Crippen LogP contribution in [0, 0.1) is 0 Å². The second kappa shape index (κ2) is 10.6. The summed E-state index contributed by atoms with van der Waals surface area (Å²) in [6.07, 6.45) is 6.40. The molecule has 1 spiro atoms. The van der Waals surface area contributed by atoms with E-state index in [-0.39, 0.29) is 11.5 Å². The average molecular weight is 436 g/mol. The number of halogens is 1. The molecule has 1 aliphatic heterocycles. The zero-order chi connectivity index (χ0) is 22.3. The fourth-order valence-corrected chi connectivity index (χ4v) is 4.27. The summed E-state index contributed by atoms with van der Waals surface area (Å²) in [6.45, 7) is 7.24. The first-order chi connectivity index (χ1) is 15.1. The van der Waals surface area contributed by atoms with Gasteiger partial charge >= 0.3 is 0 Å². The van der Waals surface area contributed by atoms with Crippen LogP contribution in [0.25, 0.3) is 10.8 Å². The first-order valence-electron chi connectivity index (χ1n) is 11.0. The molecule has 3 aromatic rings. The number of aryl methyl sites for hydroxylation is 1. The van der Waals surface area contributed by atoms with Crippen molar-refractivity contribution in [2.24, 2.45) is 4.99 Å². The van der Waals surface area contributed by atoms with E-state index in [2.05, 4.69) is 11.7 Å². The molecule has 3 aromatic carbocycles. The minimum absolute atomic E-state index is 0.189. The van der Waals surface area contributed by atoms with Gasteiger partial charge in [-0.25, -0.2) is 4.99 Å². The Hall–Kier alpha value is -2.65. The SMILES string of the molecule is C=NC(=O)Cc1cccc2ccccc12.CC.Clc1ccc2c(c1)CCC1(CCC1)O2. The number of fused-ring (bicyclic) bond motifs is 2. The van der Waals surface area contributed by atoms with Crippen molar-refractivity contribution in [3.8, 4) is 5.75 Å². The van der Waals surface area contributed by atoms with E-state index in [4.69, 9.17) is 16.3 Å². The molecule has 2 aliphatic rings. The van der Waals surface area contributed by atoms with Crippen LogP contribution in [0.5, 0.6) is 5.75 Å². The van der Waals surface area contributed by atoms with Gasteiger partial charge in [0, 0.05) is 5.02 Å². The third-order valence-corrected chi connectivity index (χ3v) is 6.10. The smallest absolute Gasteiger partial charge is 0.249 e. The first-order valence-corrected chi connectivity index (χ1v) is 11.4. The molecule has 5 rings (SSSR count). The van der Waals surface area contributed by atoms with E-state index in [1.165, 1.54) is 31.2 Å². The molecule has 0 N–H and O–H groups in total. The van der Waals surface area contributed by atoms with Crippen LogP contribution in [0.3, 0.4) is 0 Å². The fraction of sp³-hybridized carbons (Fsp3) is 0.333. The van der Waals surface area contributed by atoms with Gasteiger partial charge in [0.25, 0.3) is 0 Å². The number of rotatable bonds is 2. The summed E-state index contributed by atoms with van der Waals surface area (Å²) >= 11 is 5.94. The maximum Gasteiger partial charge on any atom is 0.249 e. The van der Waals surface area contributed by atoms with Gasteiger partial charge < -0.3 is 4.74 Å². The molecule has 0 unspecified atom stereocenters. The summed E-state index contributed by atoms with van der Waals surface area (Å²) in [5.41, 5.74) is 2.47. The highest BCUT2D eigenvalue weighted by Crippen LogP contribution is 2.45. The van der Waals surface area contributed by atoms with Gasteiger partial charge in [0.05, 0.1) is 6.42 Å². The van der Waals surface area contributed by atoms with Crippen molar-refractivity contribution >= 4 is 35.0 Å². The zero-order valence-corrected chi connectivity index (χ0v) is 19.1. The Morgan fingerprint density at radius 3 is 2.52 bits per heavy atom.